The number of carbonyl (C=O) groups is 1. The number of fused-ring (bicyclic) bond motifs is 3. The topological polar surface area (TPSA) is 135 Å². The molecule has 0 aliphatic carbocycles. The van der Waals surface area contributed by atoms with E-state index in [0.29, 0.717) is 17.2 Å². The minimum absolute atomic E-state index is 0.0136. The quantitative estimate of drug-likeness (QED) is 0.317. The molecule has 0 aliphatic rings. The van der Waals surface area contributed by atoms with Crippen molar-refractivity contribution < 1.29 is 23.4 Å². The lowest BCUT2D eigenvalue weighted by molar-refractivity contribution is -0.147. The molecule has 2 heterocycles. The van der Waals surface area contributed by atoms with Crippen LogP contribution in [0.1, 0.15) is 5.82 Å². The molecule has 0 saturated carbocycles. The number of esters is 1. The van der Waals surface area contributed by atoms with Gasteiger partial charge in [-0.2, -0.15) is 15.0 Å². The standard InChI is InChI=1S/C25H21N5O5/c1-32-21-9-5-3-7-18(21)27-25-29-22(28-24(26)30-25)13-34-23(31)14-33-15-10-11-20-17(12-15)16-6-2-4-8-19(16)35-20/h2-12H,13-14H2,1H3,(H3,26,27,28,29,30). The van der Waals surface area contributed by atoms with Crippen LogP contribution >= 0.6 is 0 Å². The maximum Gasteiger partial charge on any atom is 0.344 e. The minimum Gasteiger partial charge on any atom is -0.495 e. The summed E-state index contributed by atoms with van der Waals surface area (Å²) < 4.78 is 22.0. The van der Waals surface area contributed by atoms with E-state index in [-0.39, 0.29) is 30.9 Å². The van der Waals surface area contributed by atoms with Crippen LogP contribution in [-0.4, -0.2) is 34.6 Å². The molecule has 0 atom stereocenters. The van der Waals surface area contributed by atoms with Crippen molar-refractivity contribution in [1.29, 1.82) is 0 Å². The van der Waals surface area contributed by atoms with Gasteiger partial charge in [-0.1, -0.05) is 30.3 Å². The summed E-state index contributed by atoms with van der Waals surface area (Å²) in [6.45, 7) is -0.477. The van der Waals surface area contributed by atoms with Gasteiger partial charge in [-0.15, -0.1) is 0 Å². The molecule has 0 aliphatic heterocycles. The molecule has 5 rings (SSSR count). The first-order valence-corrected chi connectivity index (χ1v) is 10.7. The second-order valence-electron chi connectivity index (χ2n) is 7.46. The molecule has 5 aromatic rings. The third kappa shape index (κ3) is 4.91. The average molecular weight is 471 g/mol. The van der Waals surface area contributed by atoms with Crippen LogP contribution in [-0.2, 0) is 16.1 Å². The van der Waals surface area contributed by atoms with E-state index in [1.807, 2.05) is 42.5 Å². The third-order valence-corrected chi connectivity index (χ3v) is 5.12. The number of nitrogens with one attached hydrogen (secondary N) is 1. The first-order chi connectivity index (χ1) is 17.1. The van der Waals surface area contributed by atoms with Crippen molar-refractivity contribution in [3.63, 3.8) is 0 Å². The molecule has 0 unspecified atom stereocenters. The van der Waals surface area contributed by atoms with E-state index in [1.54, 1.807) is 31.4 Å². The highest BCUT2D eigenvalue weighted by molar-refractivity contribution is 6.05. The predicted molar refractivity (Wildman–Crippen MR) is 130 cm³/mol. The highest BCUT2D eigenvalue weighted by Gasteiger charge is 2.12. The molecular formula is C25H21N5O5. The lowest BCUT2D eigenvalue weighted by Gasteiger charge is -2.11. The molecular weight excluding hydrogens is 450 g/mol. The summed E-state index contributed by atoms with van der Waals surface area (Å²) in [4.78, 5) is 24.6. The van der Waals surface area contributed by atoms with Crippen LogP contribution < -0.4 is 20.5 Å². The summed E-state index contributed by atoms with van der Waals surface area (Å²) >= 11 is 0. The number of furan rings is 1. The molecule has 0 radical (unpaired) electrons. The van der Waals surface area contributed by atoms with E-state index in [4.69, 9.17) is 24.4 Å². The number of nitrogens with two attached hydrogens (primary N) is 1. The first-order valence-electron chi connectivity index (χ1n) is 10.7. The molecule has 35 heavy (non-hydrogen) atoms. The highest BCUT2D eigenvalue weighted by Crippen LogP contribution is 2.31. The summed E-state index contributed by atoms with van der Waals surface area (Å²) in [7, 11) is 1.56. The molecule has 0 amide bonds. The second-order valence-corrected chi connectivity index (χ2v) is 7.46. The van der Waals surface area contributed by atoms with E-state index >= 15 is 0 Å². The van der Waals surface area contributed by atoms with Gasteiger partial charge in [-0.05, 0) is 36.4 Å². The van der Waals surface area contributed by atoms with E-state index in [9.17, 15) is 4.79 Å². The second kappa shape index (κ2) is 9.56. The van der Waals surface area contributed by atoms with Crippen molar-refractivity contribution in [2.75, 3.05) is 24.8 Å². The van der Waals surface area contributed by atoms with Gasteiger partial charge in [-0.3, -0.25) is 0 Å². The van der Waals surface area contributed by atoms with E-state index in [1.165, 1.54) is 0 Å². The zero-order chi connectivity index (χ0) is 24.2. The van der Waals surface area contributed by atoms with Crippen molar-refractivity contribution in [3.8, 4) is 11.5 Å². The Kier molecular flexibility index (Phi) is 6.00. The number of rotatable bonds is 8. The Morgan fingerprint density at radius 3 is 2.66 bits per heavy atom. The summed E-state index contributed by atoms with van der Waals surface area (Å²) in [5.74, 6) is 0.923. The van der Waals surface area contributed by atoms with Crippen molar-refractivity contribution in [1.82, 2.24) is 15.0 Å². The number of aromatic nitrogens is 3. The van der Waals surface area contributed by atoms with Crippen molar-refractivity contribution in [2.45, 2.75) is 6.61 Å². The molecule has 2 aromatic heterocycles. The molecule has 3 aromatic carbocycles. The van der Waals surface area contributed by atoms with Crippen LogP contribution in [0.5, 0.6) is 11.5 Å². The van der Waals surface area contributed by atoms with Gasteiger partial charge in [-0.25, -0.2) is 4.79 Å². The molecule has 176 valence electrons. The minimum atomic E-state index is -0.583. The number of nitrogens with zero attached hydrogens (tertiary/aromatic N) is 3. The van der Waals surface area contributed by atoms with Crippen LogP contribution in [0, 0.1) is 0 Å². The van der Waals surface area contributed by atoms with E-state index in [2.05, 4.69) is 20.3 Å². The summed E-state index contributed by atoms with van der Waals surface area (Å²) in [6, 6.07) is 20.4. The molecule has 0 saturated heterocycles. The SMILES string of the molecule is COc1ccccc1Nc1nc(N)nc(COC(=O)COc2ccc3oc4ccccc4c3c2)n1. The summed E-state index contributed by atoms with van der Waals surface area (Å²) in [5.41, 5.74) is 7.98. The Labute approximate surface area is 199 Å². The fourth-order valence-electron chi connectivity index (χ4n) is 3.55. The number of hydrogen-bond donors (Lipinski definition) is 2. The van der Waals surface area contributed by atoms with Crippen LogP contribution in [0.2, 0.25) is 0 Å². The van der Waals surface area contributed by atoms with Crippen LogP contribution in [0.3, 0.4) is 0 Å². The van der Waals surface area contributed by atoms with Crippen LogP contribution in [0.25, 0.3) is 21.9 Å². The van der Waals surface area contributed by atoms with Crippen LogP contribution in [0.15, 0.2) is 71.1 Å². The van der Waals surface area contributed by atoms with Crippen molar-refractivity contribution in [3.05, 3.63) is 72.6 Å². The number of anilines is 3. The predicted octanol–water partition coefficient (Wildman–Crippen LogP) is 4.23. The monoisotopic (exact) mass is 471 g/mol. The van der Waals surface area contributed by atoms with Gasteiger partial charge in [0.25, 0.3) is 0 Å². The lowest BCUT2D eigenvalue weighted by atomic mass is 10.1. The lowest BCUT2D eigenvalue weighted by Crippen LogP contribution is -2.16. The number of para-hydroxylation sites is 3. The number of nitrogen functional groups attached to an aromatic ring is 1. The number of hydrogen-bond acceptors (Lipinski definition) is 10. The Balaban J connectivity index is 1.21. The Hall–Kier alpha value is -4.86. The smallest absolute Gasteiger partial charge is 0.344 e. The van der Waals surface area contributed by atoms with Gasteiger partial charge >= 0.3 is 5.97 Å². The van der Waals surface area contributed by atoms with Gasteiger partial charge in [0.2, 0.25) is 11.9 Å². The molecule has 0 fully saturated rings. The van der Waals surface area contributed by atoms with Crippen molar-refractivity contribution >= 4 is 45.5 Å². The fourth-order valence-corrected chi connectivity index (χ4v) is 3.55. The van der Waals surface area contributed by atoms with Gasteiger partial charge in [0, 0.05) is 10.8 Å². The number of carbonyl (C=O) groups excluding carboxylic acids is 1. The third-order valence-electron chi connectivity index (χ3n) is 5.12. The normalized spacial score (nSPS) is 10.9. The summed E-state index contributed by atoms with van der Waals surface area (Å²) in [6.07, 6.45) is 0. The zero-order valence-electron chi connectivity index (χ0n) is 18.7. The number of methoxy groups -OCH3 is 1. The molecule has 10 nitrogen and oxygen atoms in total. The van der Waals surface area contributed by atoms with Gasteiger partial charge < -0.3 is 29.7 Å². The molecule has 0 spiro atoms. The average Bonchev–Trinajstić information content (AvgIpc) is 3.24. The fraction of sp³-hybridized carbons (Fsp3) is 0.120. The van der Waals surface area contributed by atoms with Gasteiger partial charge in [0.1, 0.15) is 22.7 Å². The molecule has 3 N–H and O–H groups in total. The highest BCUT2D eigenvalue weighted by atomic mass is 16.6. The summed E-state index contributed by atoms with van der Waals surface area (Å²) in [5, 5.41) is 4.90. The number of ether oxygens (including phenoxy) is 3. The zero-order valence-corrected chi connectivity index (χ0v) is 18.7. The van der Waals surface area contributed by atoms with E-state index in [0.717, 1.165) is 21.9 Å². The molecule has 10 heteroatoms. The maximum atomic E-state index is 12.3. The number of benzene rings is 3. The Bertz CT molecular complexity index is 1520. The van der Waals surface area contributed by atoms with Gasteiger partial charge in [0.05, 0.1) is 12.8 Å². The maximum absolute atomic E-state index is 12.3. The Morgan fingerprint density at radius 2 is 1.77 bits per heavy atom. The van der Waals surface area contributed by atoms with Crippen molar-refractivity contribution in [2.24, 2.45) is 0 Å². The Morgan fingerprint density at radius 1 is 0.971 bits per heavy atom. The first kappa shape index (κ1) is 22.0. The van der Waals surface area contributed by atoms with E-state index < -0.39 is 5.97 Å². The van der Waals surface area contributed by atoms with Crippen LogP contribution in [0.4, 0.5) is 17.6 Å². The largest absolute Gasteiger partial charge is 0.495 e. The van der Waals surface area contributed by atoms with Gasteiger partial charge in [0.15, 0.2) is 19.0 Å². The molecule has 0 bridgehead atoms.